The van der Waals surface area contributed by atoms with E-state index in [0.717, 1.165) is 0 Å². The molecule has 26 heavy (non-hydrogen) atoms. The van der Waals surface area contributed by atoms with E-state index in [9.17, 15) is 14.0 Å². The first-order valence-corrected chi connectivity index (χ1v) is 8.87. The van der Waals surface area contributed by atoms with Gasteiger partial charge in [-0.25, -0.2) is 4.39 Å². The number of amides is 1. The molecule has 0 bridgehead atoms. The van der Waals surface area contributed by atoms with Gasteiger partial charge in [-0.1, -0.05) is 12.1 Å². The highest BCUT2D eigenvalue weighted by molar-refractivity contribution is 5.95. The maximum atomic E-state index is 14.1. The Morgan fingerprint density at radius 3 is 2.65 bits per heavy atom. The van der Waals surface area contributed by atoms with Crippen molar-refractivity contribution in [3.05, 3.63) is 30.1 Å². The number of esters is 1. The van der Waals surface area contributed by atoms with E-state index in [2.05, 4.69) is 0 Å². The van der Waals surface area contributed by atoms with Gasteiger partial charge in [0.15, 0.2) is 0 Å². The van der Waals surface area contributed by atoms with Crippen LogP contribution < -0.4 is 4.90 Å². The molecule has 1 saturated heterocycles. The van der Waals surface area contributed by atoms with Crippen molar-refractivity contribution in [3.8, 4) is 6.07 Å². The first kappa shape index (κ1) is 19.9. The van der Waals surface area contributed by atoms with Crippen molar-refractivity contribution >= 4 is 17.6 Å². The van der Waals surface area contributed by atoms with Crippen molar-refractivity contribution in [1.29, 1.82) is 5.26 Å². The Morgan fingerprint density at radius 2 is 2.04 bits per heavy atom. The molecular weight excluding hydrogens is 337 g/mol. The summed E-state index contributed by atoms with van der Waals surface area (Å²) >= 11 is 0. The first-order valence-electron chi connectivity index (χ1n) is 8.87. The third kappa shape index (κ3) is 5.27. The summed E-state index contributed by atoms with van der Waals surface area (Å²) in [5.41, 5.74) is 0.189. The van der Waals surface area contributed by atoms with Crippen LogP contribution in [0.4, 0.5) is 10.1 Å². The van der Waals surface area contributed by atoms with Gasteiger partial charge in [0.1, 0.15) is 5.82 Å². The van der Waals surface area contributed by atoms with Crippen molar-refractivity contribution in [2.45, 2.75) is 26.2 Å². The average molecular weight is 361 g/mol. The monoisotopic (exact) mass is 361 g/mol. The summed E-state index contributed by atoms with van der Waals surface area (Å²) in [5.74, 6) is -1.04. The van der Waals surface area contributed by atoms with E-state index in [4.69, 9.17) is 10.00 Å². The van der Waals surface area contributed by atoms with E-state index in [1.807, 2.05) is 11.0 Å². The number of ether oxygens (including phenoxy) is 1. The summed E-state index contributed by atoms with van der Waals surface area (Å²) in [6.45, 7) is 3.65. The normalized spacial score (nSPS) is 15.3. The Hall–Kier alpha value is -2.46. The van der Waals surface area contributed by atoms with Gasteiger partial charge >= 0.3 is 5.97 Å². The number of para-hydroxylation sites is 1. The Kier molecular flexibility index (Phi) is 7.54. The largest absolute Gasteiger partial charge is 0.466 e. The van der Waals surface area contributed by atoms with Gasteiger partial charge < -0.3 is 9.64 Å². The lowest BCUT2D eigenvalue weighted by molar-refractivity contribution is -0.149. The smallest absolute Gasteiger partial charge is 0.309 e. The van der Waals surface area contributed by atoms with Gasteiger partial charge in [-0.05, 0) is 45.0 Å². The summed E-state index contributed by atoms with van der Waals surface area (Å²) in [4.78, 5) is 27.8. The van der Waals surface area contributed by atoms with Crippen LogP contribution in [0.25, 0.3) is 0 Å². The molecular formula is C19H24FN3O3. The molecule has 140 valence electrons. The van der Waals surface area contributed by atoms with Crippen molar-refractivity contribution in [2.24, 2.45) is 5.92 Å². The summed E-state index contributed by atoms with van der Waals surface area (Å²) in [7, 11) is 0. The van der Waals surface area contributed by atoms with Crippen LogP contribution in [0.3, 0.4) is 0 Å². The SMILES string of the molecule is CCOC(=O)C1CCN(CC(=O)N(CCC#N)c2ccccc2F)CC1. The molecule has 0 radical (unpaired) electrons. The third-order valence-electron chi connectivity index (χ3n) is 4.46. The lowest BCUT2D eigenvalue weighted by Crippen LogP contribution is -2.45. The zero-order valence-electron chi connectivity index (χ0n) is 15.0. The molecule has 6 nitrogen and oxygen atoms in total. The number of anilines is 1. The fourth-order valence-electron chi connectivity index (χ4n) is 3.08. The number of carbonyl (C=O) groups is 2. The number of nitrogens with zero attached hydrogens (tertiary/aromatic N) is 3. The Bertz CT molecular complexity index is 666. The Morgan fingerprint density at radius 1 is 1.35 bits per heavy atom. The molecule has 0 N–H and O–H groups in total. The maximum absolute atomic E-state index is 14.1. The van der Waals surface area contributed by atoms with E-state index in [1.54, 1.807) is 19.1 Å². The van der Waals surface area contributed by atoms with Crippen molar-refractivity contribution in [3.63, 3.8) is 0 Å². The molecule has 1 aromatic rings. The molecule has 2 rings (SSSR count). The fourth-order valence-corrected chi connectivity index (χ4v) is 3.08. The van der Waals surface area contributed by atoms with Gasteiger partial charge in [-0.2, -0.15) is 5.26 Å². The predicted molar refractivity (Wildman–Crippen MR) is 94.8 cm³/mol. The van der Waals surface area contributed by atoms with Gasteiger partial charge in [0, 0.05) is 6.54 Å². The molecule has 0 aromatic heterocycles. The number of hydrogen-bond donors (Lipinski definition) is 0. The number of nitriles is 1. The van der Waals surface area contributed by atoms with Gasteiger partial charge in [-0.3, -0.25) is 14.5 Å². The molecule has 1 amide bonds. The summed E-state index contributed by atoms with van der Waals surface area (Å²) < 4.78 is 19.1. The molecule has 0 saturated carbocycles. The van der Waals surface area contributed by atoms with Gasteiger partial charge in [-0.15, -0.1) is 0 Å². The number of likely N-dealkylation sites (tertiary alicyclic amines) is 1. The van der Waals surface area contributed by atoms with Crippen molar-refractivity contribution in [1.82, 2.24) is 4.90 Å². The topological polar surface area (TPSA) is 73.6 Å². The van der Waals surface area contributed by atoms with Crippen LogP contribution in [0.1, 0.15) is 26.2 Å². The van der Waals surface area contributed by atoms with Crippen molar-refractivity contribution < 1.29 is 18.7 Å². The van der Waals surface area contributed by atoms with E-state index in [1.165, 1.54) is 17.0 Å². The lowest BCUT2D eigenvalue weighted by atomic mass is 9.97. The standard InChI is InChI=1S/C19H24FN3O3/c1-2-26-19(25)15-8-12-22(13-9-15)14-18(24)23(11-5-10-21)17-7-4-3-6-16(17)20/h3-4,6-7,15H,2,5,8-9,11-14H2,1H3. The molecule has 0 aliphatic carbocycles. The number of carbonyl (C=O) groups excluding carboxylic acids is 2. The maximum Gasteiger partial charge on any atom is 0.309 e. The molecule has 0 unspecified atom stereocenters. The van der Waals surface area contributed by atoms with Gasteiger partial charge in [0.25, 0.3) is 0 Å². The lowest BCUT2D eigenvalue weighted by Gasteiger charge is -2.32. The van der Waals surface area contributed by atoms with Crippen LogP contribution in [-0.4, -0.2) is 49.6 Å². The first-order chi connectivity index (χ1) is 12.6. The molecule has 1 aromatic carbocycles. The molecule has 1 heterocycles. The zero-order chi connectivity index (χ0) is 18.9. The number of benzene rings is 1. The van der Waals surface area contributed by atoms with E-state index >= 15 is 0 Å². The summed E-state index contributed by atoms with van der Waals surface area (Å²) in [5, 5.41) is 8.82. The number of rotatable bonds is 7. The number of hydrogen-bond acceptors (Lipinski definition) is 5. The van der Waals surface area contributed by atoms with E-state index in [-0.39, 0.29) is 43.0 Å². The van der Waals surface area contributed by atoms with E-state index in [0.29, 0.717) is 32.5 Å². The quantitative estimate of drug-likeness (QED) is 0.697. The molecule has 1 aliphatic heterocycles. The van der Waals surface area contributed by atoms with Crippen LogP contribution >= 0.6 is 0 Å². The highest BCUT2D eigenvalue weighted by atomic mass is 19.1. The molecule has 1 fully saturated rings. The molecule has 0 atom stereocenters. The average Bonchev–Trinajstić information content (AvgIpc) is 2.64. The van der Waals surface area contributed by atoms with E-state index < -0.39 is 5.82 Å². The third-order valence-corrected chi connectivity index (χ3v) is 4.46. The summed E-state index contributed by atoms with van der Waals surface area (Å²) in [6.07, 6.45) is 1.42. The Balaban J connectivity index is 1.97. The van der Waals surface area contributed by atoms with Crippen LogP contribution in [0, 0.1) is 23.1 Å². The van der Waals surface area contributed by atoms with Gasteiger partial charge in [0.05, 0.1) is 37.2 Å². The highest BCUT2D eigenvalue weighted by Gasteiger charge is 2.28. The second-order valence-electron chi connectivity index (χ2n) is 6.21. The van der Waals surface area contributed by atoms with Crippen LogP contribution in [0.2, 0.25) is 0 Å². The predicted octanol–water partition coefficient (Wildman–Crippen LogP) is 2.35. The Labute approximate surface area is 153 Å². The van der Waals surface area contributed by atoms with Crippen LogP contribution in [0.5, 0.6) is 0 Å². The minimum atomic E-state index is -0.486. The number of halogens is 1. The molecule has 0 spiro atoms. The van der Waals surface area contributed by atoms with Gasteiger partial charge in [0.2, 0.25) is 5.91 Å². The molecule has 1 aliphatic rings. The highest BCUT2D eigenvalue weighted by Crippen LogP contribution is 2.21. The fraction of sp³-hybridized carbons (Fsp3) is 0.526. The summed E-state index contributed by atoms with van der Waals surface area (Å²) in [6, 6.07) is 8.06. The second kappa shape index (κ2) is 9.88. The number of piperidine rings is 1. The minimum absolute atomic E-state index is 0.123. The van der Waals surface area contributed by atoms with Crippen LogP contribution in [0.15, 0.2) is 24.3 Å². The minimum Gasteiger partial charge on any atom is -0.466 e. The zero-order valence-corrected chi connectivity index (χ0v) is 15.0. The second-order valence-corrected chi connectivity index (χ2v) is 6.21. The van der Waals surface area contributed by atoms with Crippen molar-refractivity contribution in [2.75, 3.05) is 37.7 Å². The molecule has 7 heteroatoms. The van der Waals surface area contributed by atoms with Crippen LogP contribution in [-0.2, 0) is 14.3 Å².